The van der Waals surface area contributed by atoms with Gasteiger partial charge in [0.1, 0.15) is 0 Å². The number of nitrogens with two attached hydrogens (primary N) is 1. The molecule has 2 N–H and O–H groups in total. The Labute approximate surface area is 106 Å². The summed E-state index contributed by atoms with van der Waals surface area (Å²) in [5.41, 5.74) is 8.99. The van der Waals surface area contributed by atoms with E-state index < -0.39 is 0 Å². The van der Waals surface area contributed by atoms with Crippen LogP contribution < -0.4 is 5.73 Å². The van der Waals surface area contributed by atoms with Crippen LogP contribution in [0.25, 0.3) is 0 Å². The lowest BCUT2D eigenvalue weighted by Crippen LogP contribution is -2.18. The van der Waals surface area contributed by atoms with Gasteiger partial charge in [0.25, 0.3) is 0 Å². The van der Waals surface area contributed by atoms with Crippen molar-refractivity contribution in [3.8, 4) is 0 Å². The number of benzene rings is 1. The van der Waals surface area contributed by atoms with E-state index in [9.17, 15) is 0 Å². The zero-order valence-corrected chi connectivity index (χ0v) is 11.6. The van der Waals surface area contributed by atoms with Crippen molar-refractivity contribution in [2.45, 2.75) is 58.9 Å². The first-order valence-electron chi connectivity index (χ1n) is 7.03. The Morgan fingerprint density at radius 2 is 1.71 bits per heavy atom. The van der Waals surface area contributed by atoms with Gasteiger partial charge in [-0.1, -0.05) is 57.9 Å². The first-order chi connectivity index (χ1) is 8.19. The van der Waals surface area contributed by atoms with Gasteiger partial charge in [-0.05, 0) is 36.3 Å². The number of unbranched alkanes of at least 4 members (excludes halogenated alkanes) is 1. The van der Waals surface area contributed by atoms with E-state index >= 15 is 0 Å². The van der Waals surface area contributed by atoms with E-state index in [4.69, 9.17) is 5.73 Å². The fraction of sp³-hybridized carbons (Fsp3) is 0.625. The van der Waals surface area contributed by atoms with Crippen LogP contribution in [0.15, 0.2) is 24.3 Å². The maximum absolute atomic E-state index is 6.27. The molecule has 1 aromatic rings. The van der Waals surface area contributed by atoms with Crippen LogP contribution >= 0.6 is 0 Å². The third-order valence-electron chi connectivity index (χ3n) is 3.54. The van der Waals surface area contributed by atoms with Gasteiger partial charge >= 0.3 is 0 Å². The summed E-state index contributed by atoms with van der Waals surface area (Å²) in [5, 5.41) is 0. The quantitative estimate of drug-likeness (QED) is 0.739. The first-order valence-corrected chi connectivity index (χ1v) is 7.03. The SMILES string of the molecule is CCCCc1ccc(C(N)C(C)CCC)cc1. The summed E-state index contributed by atoms with van der Waals surface area (Å²) in [5.74, 6) is 0.571. The van der Waals surface area contributed by atoms with E-state index in [1.54, 1.807) is 0 Å². The highest BCUT2D eigenvalue weighted by atomic mass is 14.6. The van der Waals surface area contributed by atoms with E-state index in [2.05, 4.69) is 45.0 Å². The smallest absolute Gasteiger partial charge is 0.0320 e. The van der Waals surface area contributed by atoms with E-state index in [1.165, 1.54) is 43.2 Å². The van der Waals surface area contributed by atoms with E-state index in [1.807, 2.05) is 0 Å². The van der Waals surface area contributed by atoms with Crippen LogP contribution in [0.5, 0.6) is 0 Å². The van der Waals surface area contributed by atoms with Gasteiger partial charge in [0.15, 0.2) is 0 Å². The molecule has 2 atom stereocenters. The Balaban J connectivity index is 2.60. The predicted octanol–water partition coefficient (Wildman–Crippen LogP) is 4.47. The van der Waals surface area contributed by atoms with Crippen LogP contribution in [0, 0.1) is 5.92 Å². The van der Waals surface area contributed by atoms with Crippen molar-refractivity contribution in [1.82, 2.24) is 0 Å². The van der Waals surface area contributed by atoms with Gasteiger partial charge in [-0.15, -0.1) is 0 Å². The molecule has 0 saturated carbocycles. The van der Waals surface area contributed by atoms with Crippen LogP contribution in [0.4, 0.5) is 0 Å². The number of hydrogen-bond donors (Lipinski definition) is 1. The Kier molecular flexibility index (Phi) is 6.28. The molecule has 0 radical (unpaired) electrons. The second-order valence-corrected chi connectivity index (χ2v) is 5.14. The largest absolute Gasteiger partial charge is 0.324 e. The van der Waals surface area contributed by atoms with Crippen molar-refractivity contribution in [1.29, 1.82) is 0 Å². The molecule has 1 aromatic carbocycles. The highest BCUT2D eigenvalue weighted by Crippen LogP contribution is 2.23. The van der Waals surface area contributed by atoms with E-state index in [0.29, 0.717) is 5.92 Å². The van der Waals surface area contributed by atoms with Gasteiger partial charge in [-0.3, -0.25) is 0 Å². The van der Waals surface area contributed by atoms with Gasteiger partial charge < -0.3 is 5.73 Å². The molecule has 0 aromatic heterocycles. The minimum atomic E-state index is 0.190. The highest BCUT2D eigenvalue weighted by molar-refractivity contribution is 5.25. The molecule has 1 nitrogen and oxygen atoms in total. The predicted molar refractivity (Wildman–Crippen MR) is 76.1 cm³/mol. The molecule has 96 valence electrons. The maximum Gasteiger partial charge on any atom is 0.0320 e. The third kappa shape index (κ3) is 4.51. The maximum atomic E-state index is 6.27. The standard InChI is InChI=1S/C16H27N/c1-4-6-8-14-9-11-15(12-10-14)16(17)13(3)7-5-2/h9-13,16H,4-8,17H2,1-3H3. The minimum absolute atomic E-state index is 0.190. The van der Waals surface area contributed by atoms with Gasteiger partial charge in [0, 0.05) is 6.04 Å². The van der Waals surface area contributed by atoms with Crippen molar-refractivity contribution in [2.24, 2.45) is 11.7 Å². The molecule has 2 unspecified atom stereocenters. The van der Waals surface area contributed by atoms with Gasteiger partial charge in [0.2, 0.25) is 0 Å². The Morgan fingerprint density at radius 3 is 2.24 bits per heavy atom. The molecule has 1 rings (SSSR count). The Hall–Kier alpha value is -0.820. The summed E-state index contributed by atoms with van der Waals surface area (Å²) in [4.78, 5) is 0. The average Bonchev–Trinajstić information content (AvgIpc) is 2.36. The molecule has 0 amide bonds. The summed E-state index contributed by atoms with van der Waals surface area (Å²) in [6, 6.07) is 9.09. The molecule has 0 spiro atoms. The summed E-state index contributed by atoms with van der Waals surface area (Å²) in [7, 11) is 0. The van der Waals surface area contributed by atoms with E-state index in [0.717, 1.165) is 0 Å². The number of aryl methyl sites for hydroxylation is 1. The molecule has 0 bridgehead atoms. The minimum Gasteiger partial charge on any atom is -0.324 e. The highest BCUT2D eigenvalue weighted by Gasteiger charge is 2.13. The lowest BCUT2D eigenvalue weighted by atomic mass is 9.91. The second-order valence-electron chi connectivity index (χ2n) is 5.14. The molecule has 0 aliphatic rings. The summed E-state index contributed by atoms with van der Waals surface area (Å²) in [6.07, 6.45) is 6.14. The average molecular weight is 233 g/mol. The van der Waals surface area contributed by atoms with Crippen molar-refractivity contribution >= 4 is 0 Å². The van der Waals surface area contributed by atoms with Gasteiger partial charge in [-0.2, -0.15) is 0 Å². The molecule has 0 aliphatic heterocycles. The molecule has 0 heterocycles. The topological polar surface area (TPSA) is 26.0 Å². The van der Waals surface area contributed by atoms with Crippen LogP contribution in [0.2, 0.25) is 0 Å². The molecular formula is C16H27N. The molecule has 0 saturated heterocycles. The fourth-order valence-corrected chi connectivity index (χ4v) is 2.25. The second kappa shape index (κ2) is 7.50. The first kappa shape index (κ1) is 14.2. The zero-order valence-electron chi connectivity index (χ0n) is 11.6. The molecule has 1 heteroatoms. The molecular weight excluding hydrogens is 206 g/mol. The molecule has 0 fully saturated rings. The van der Waals surface area contributed by atoms with Crippen LogP contribution in [0.3, 0.4) is 0 Å². The monoisotopic (exact) mass is 233 g/mol. The van der Waals surface area contributed by atoms with Gasteiger partial charge in [0.05, 0.1) is 0 Å². The van der Waals surface area contributed by atoms with Crippen molar-refractivity contribution < 1.29 is 0 Å². The fourth-order valence-electron chi connectivity index (χ4n) is 2.25. The number of rotatable bonds is 7. The Bertz CT molecular complexity index is 302. The van der Waals surface area contributed by atoms with Crippen LogP contribution in [0.1, 0.15) is 63.6 Å². The van der Waals surface area contributed by atoms with Crippen molar-refractivity contribution in [2.75, 3.05) is 0 Å². The van der Waals surface area contributed by atoms with Crippen molar-refractivity contribution in [3.05, 3.63) is 35.4 Å². The lowest BCUT2D eigenvalue weighted by Gasteiger charge is -2.20. The third-order valence-corrected chi connectivity index (χ3v) is 3.54. The lowest BCUT2D eigenvalue weighted by molar-refractivity contribution is 0.433. The summed E-state index contributed by atoms with van der Waals surface area (Å²) in [6.45, 7) is 6.70. The Morgan fingerprint density at radius 1 is 1.06 bits per heavy atom. The van der Waals surface area contributed by atoms with Crippen LogP contribution in [-0.2, 0) is 6.42 Å². The summed E-state index contributed by atoms with van der Waals surface area (Å²) >= 11 is 0. The van der Waals surface area contributed by atoms with Gasteiger partial charge in [-0.25, -0.2) is 0 Å². The normalized spacial score (nSPS) is 14.6. The number of hydrogen-bond acceptors (Lipinski definition) is 1. The summed E-state index contributed by atoms with van der Waals surface area (Å²) < 4.78 is 0. The van der Waals surface area contributed by atoms with Crippen molar-refractivity contribution in [3.63, 3.8) is 0 Å². The van der Waals surface area contributed by atoms with E-state index in [-0.39, 0.29) is 6.04 Å². The molecule has 17 heavy (non-hydrogen) atoms. The zero-order chi connectivity index (χ0) is 12.7. The van der Waals surface area contributed by atoms with Crippen LogP contribution in [-0.4, -0.2) is 0 Å². The molecule has 0 aliphatic carbocycles.